The second kappa shape index (κ2) is 18.5. The molecule has 0 spiro atoms. The Morgan fingerprint density at radius 2 is 1.43 bits per heavy atom. The summed E-state index contributed by atoms with van der Waals surface area (Å²) in [6.07, 6.45) is 13.2. The van der Waals surface area contributed by atoms with Gasteiger partial charge >= 0.3 is 7.82 Å². The van der Waals surface area contributed by atoms with E-state index in [2.05, 4.69) is 24.3 Å². The Hall–Kier alpha value is -0.0200. The van der Waals surface area contributed by atoms with Crippen LogP contribution in [0.3, 0.4) is 0 Å². The van der Waals surface area contributed by atoms with Crippen LogP contribution in [0.25, 0.3) is 0 Å². The van der Waals surface area contributed by atoms with E-state index in [0.29, 0.717) is 19.4 Å². The fourth-order valence-corrected chi connectivity index (χ4v) is 5.33. The zero-order valence-corrected chi connectivity index (χ0v) is 20.9. The second-order valence-corrected chi connectivity index (χ2v) is 11.2. The zero-order valence-electron chi connectivity index (χ0n) is 19.1. The van der Waals surface area contributed by atoms with Gasteiger partial charge in [-0.05, 0) is 12.8 Å². The van der Waals surface area contributed by atoms with E-state index in [9.17, 15) is 17.9 Å². The first-order valence-corrected chi connectivity index (χ1v) is 14.8. The number of unbranched alkanes of at least 4 members (excludes halogenated alkanes) is 10. The van der Waals surface area contributed by atoms with Crippen LogP contribution in [0.1, 0.15) is 97.3 Å². The number of phosphoric ester groups is 1. The lowest BCUT2D eigenvalue weighted by atomic mass is 10.1. The van der Waals surface area contributed by atoms with Gasteiger partial charge in [-0.3, -0.25) is 9.05 Å². The molecule has 0 heterocycles. The van der Waals surface area contributed by atoms with Gasteiger partial charge in [0.05, 0.1) is 18.9 Å². The molecule has 0 fully saturated rings. The normalized spacial score (nSPS) is 15.2. The average molecular weight is 474 g/mol. The summed E-state index contributed by atoms with van der Waals surface area (Å²) < 4.78 is 49.3. The van der Waals surface area contributed by atoms with Crippen LogP contribution in [0.4, 0.5) is 0 Å². The van der Waals surface area contributed by atoms with Gasteiger partial charge in [0.2, 0.25) is 10.0 Å². The van der Waals surface area contributed by atoms with Gasteiger partial charge < -0.3 is 10.6 Å². The van der Waals surface area contributed by atoms with Crippen molar-refractivity contribution in [3.05, 3.63) is 0 Å². The van der Waals surface area contributed by atoms with Crippen LogP contribution in [0.5, 0.6) is 0 Å². The van der Waals surface area contributed by atoms with Crippen LogP contribution in [0.2, 0.25) is 0 Å². The van der Waals surface area contributed by atoms with Gasteiger partial charge in [-0.2, -0.15) is 0 Å². The summed E-state index contributed by atoms with van der Waals surface area (Å²) in [5.41, 5.74) is 3.55. The molecule has 10 heteroatoms. The average Bonchev–Trinajstić information content (AvgIpc) is 2.69. The molecule has 0 bridgehead atoms. The first kappa shape index (κ1) is 30.0. The lowest BCUT2D eigenvalue weighted by Gasteiger charge is -2.20. The van der Waals surface area contributed by atoms with Crippen LogP contribution in [0.15, 0.2) is 0 Å². The summed E-state index contributed by atoms with van der Waals surface area (Å²) in [6.45, 7) is 4.47. The molecule has 0 saturated carbocycles. The van der Waals surface area contributed by atoms with E-state index in [1.54, 1.807) is 0 Å². The fraction of sp³-hybridized carbons (Fsp3) is 1.00. The molecule has 0 aromatic rings. The number of phosphoric acid groups is 1. The molecule has 0 radical (unpaired) electrons. The third kappa shape index (κ3) is 18.7. The third-order valence-electron chi connectivity index (χ3n) is 4.86. The van der Waals surface area contributed by atoms with Gasteiger partial charge in [0, 0.05) is 6.04 Å². The predicted octanol–water partition coefficient (Wildman–Crippen LogP) is 3.76. The van der Waals surface area contributed by atoms with Crippen LogP contribution in [-0.2, 0) is 23.6 Å². The SMILES string of the molecule is CCCCCCCCCCS(=O)(=O)NC(CCCCCC)COP(=O)(O)OCC[NH3+]. The molecule has 30 heavy (non-hydrogen) atoms. The first-order valence-electron chi connectivity index (χ1n) is 11.7. The molecular formula is C20H46N2O6PS+. The maximum absolute atomic E-state index is 12.5. The van der Waals surface area contributed by atoms with E-state index in [0.717, 1.165) is 44.9 Å². The van der Waals surface area contributed by atoms with Gasteiger partial charge in [-0.25, -0.2) is 17.7 Å². The summed E-state index contributed by atoms with van der Waals surface area (Å²) in [6, 6.07) is -0.537. The molecule has 0 aliphatic rings. The highest BCUT2D eigenvalue weighted by Crippen LogP contribution is 2.43. The first-order chi connectivity index (χ1) is 14.3. The summed E-state index contributed by atoms with van der Waals surface area (Å²) in [5.74, 6) is 0.0716. The van der Waals surface area contributed by atoms with Gasteiger partial charge in [0.1, 0.15) is 6.61 Å². The Kier molecular flexibility index (Phi) is 18.5. The maximum Gasteiger partial charge on any atom is 0.472 e. The quantitative estimate of drug-likeness (QED) is 0.162. The molecule has 182 valence electrons. The van der Waals surface area contributed by atoms with Gasteiger partial charge in [0.25, 0.3) is 0 Å². The lowest BCUT2D eigenvalue weighted by molar-refractivity contribution is -0.371. The largest absolute Gasteiger partial charge is 0.472 e. The van der Waals surface area contributed by atoms with Crippen LogP contribution in [0, 0.1) is 0 Å². The van der Waals surface area contributed by atoms with E-state index in [1.807, 2.05) is 0 Å². The molecule has 5 N–H and O–H groups in total. The Balaban J connectivity index is 4.43. The fourth-order valence-electron chi connectivity index (χ4n) is 3.13. The van der Waals surface area contributed by atoms with Gasteiger partial charge in [-0.15, -0.1) is 0 Å². The minimum absolute atomic E-state index is 0.0130. The highest BCUT2D eigenvalue weighted by atomic mass is 32.2. The van der Waals surface area contributed by atoms with Crippen molar-refractivity contribution < 1.29 is 32.7 Å². The van der Waals surface area contributed by atoms with Crippen molar-refractivity contribution in [2.45, 2.75) is 103 Å². The summed E-state index contributed by atoms with van der Waals surface area (Å²) >= 11 is 0. The number of hydrogen-bond donors (Lipinski definition) is 3. The van der Waals surface area contributed by atoms with Crippen molar-refractivity contribution >= 4 is 17.8 Å². The molecule has 2 unspecified atom stereocenters. The zero-order chi connectivity index (χ0) is 22.7. The minimum atomic E-state index is -4.19. The van der Waals surface area contributed by atoms with Crippen molar-refractivity contribution in [3.8, 4) is 0 Å². The number of quaternary nitrogens is 1. The Labute approximate surface area is 184 Å². The van der Waals surface area contributed by atoms with Gasteiger partial charge in [-0.1, -0.05) is 84.5 Å². The number of nitrogens with one attached hydrogen (secondary N) is 1. The second-order valence-electron chi connectivity index (χ2n) is 7.91. The van der Waals surface area contributed by atoms with Gasteiger partial charge in [0.15, 0.2) is 0 Å². The monoisotopic (exact) mass is 473 g/mol. The molecule has 2 atom stereocenters. The van der Waals surface area contributed by atoms with Crippen LogP contribution >= 0.6 is 7.82 Å². The van der Waals surface area contributed by atoms with E-state index in [4.69, 9.17) is 9.05 Å². The summed E-state index contributed by atoms with van der Waals surface area (Å²) in [7, 11) is -7.65. The smallest absolute Gasteiger partial charge is 0.356 e. The number of rotatable bonds is 22. The third-order valence-corrected chi connectivity index (χ3v) is 7.36. The van der Waals surface area contributed by atoms with Crippen molar-refractivity contribution in [1.82, 2.24) is 4.72 Å². The minimum Gasteiger partial charge on any atom is -0.356 e. The molecule has 0 aromatic heterocycles. The highest BCUT2D eigenvalue weighted by molar-refractivity contribution is 7.89. The molecule has 0 rings (SSSR count). The van der Waals surface area contributed by atoms with E-state index in [-0.39, 0.29) is 19.0 Å². The van der Waals surface area contributed by atoms with Crippen LogP contribution < -0.4 is 10.5 Å². The number of sulfonamides is 1. The number of hydrogen-bond acceptors (Lipinski definition) is 5. The van der Waals surface area contributed by atoms with Crippen molar-refractivity contribution in [1.29, 1.82) is 0 Å². The predicted molar refractivity (Wildman–Crippen MR) is 122 cm³/mol. The molecule has 8 nitrogen and oxygen atoms in total. The van der Waals surface area contributed by atoms with Crippen molar-refractivity contribution in [2.75, 3.05) is 25.5 Å². The molecule has 0 aliphatic heterocycles. The van der Waals surface area contributed by atoms with E-state index >= 15 is 0 Å². The van der Waals surface area contributed by atoms with E-state index < -0.39 is 23.9 Å². The molecule has 0 amide bonds. The van der Waals surface area contributed by atoms with Crippen LogP contribution in [-0.4, -0.2) is 44.9 Å². The molecule has 0 saturated heterocycles. The standard InChI is InChI=1S/C20H45N2O6PS/c1-3-5-7-9-10-11-12-14-18-30(25,26)22-20(15-13-8-6-4-2)19-28-29(23,24)27-17-16-21/h20,22H,3-19,21H2,1-2H3,(H,23,24)/p+1. The molecule has 0 aromatic carbocycles. The summed E-state index contributed by atoms with van der Waals surface area (Å²) in [4.78, 5) is 9.69. The molecule has 0 aliphatic carbocycles. The lowest BCUT2D eigenvalue weighted by Crippen LogP contribution is -2.52. The Morgan fingerprint density at radius 3 is 2.00 bits per heavy atom. The Bertz CT molecular complexity index is 547. The van der Waals surface area contributed by atoms with E-state index in [1.165, 1.54) is 25.7 Å². The molecular weight excluding hydrogens is 427 g/mol. The Morgan fingerprint density at radius 1 is 0.900 bits per heavy atom. The topological polar surface area (TPSA) is 130 Å². The summed E-state index contributed by atoms with van der Waals surface area (Å²) in [5, 5.41) is 0. The maximum atomic E-state index is 12.5. The van der Waals surface area contributed by atoms with Crippen molar-refractivity contribution in [2.24, 2.45) is 0 Å². The van der Waals surface area contributed by atoms with Crippen molar-refractivity contribution in [3.63, 3.8) is 0 Å². The highest BCUT2D eigenvalue weighted by Gasteiger charge is 2.25.